The van der Waals surface area contributed by atoms with Crippen molar-refractivity contribution in [3.8, 4) is 0 Å². The van der Waals surface area contributed by atoms with E-state index in [1.807, 2.05) is 35.6 Å². The Hall–Kier alpha value is -2.90. The monoisotopic (exact) mass is 333 g/mol. The lowest BCUT2D eigenvalue weighted by atomic mass is 10.1. The van der Waals surface area contributed by atoms with Crippen LogP contribution in [0.5, 0.6) is 0 Å². The van der Waals surface area contributed by atoms with Crippen LogP contribution in [0.2, 0.25) is 0 Å². The highest BCUT2D eigenvalue weighted by Crippen LogP contribution is 2.12. The van der Waals surface area contributed by atoms with Gasteiger partial charge in [0, 0.05) is 0 Å². The first-order valence-corrected chi connectivity index (χ1v) is 7.63. The van der Waals surface area contributed by atoms with Gasteiger partial charge in [0.05, 0.1) is 6.61 Å². The molecule has 1 fully saturated rings. The summed E-state index contributed by atoms with van der Waals surface area (Å²) in [5.74, 6) is -1.25. The number of alkyl carbamates (subject to hydrolysis) is 1. The molecular weight excluding hydrogens is 314 g/mol. The number of nitrogens with one attached hydrogen (secondary N) is 2. The number of carbonyl (C=O) groups is 4. The van der Waals surface area contributed by atoms with Gasteiger partial charge in [0.2, 0.25) is 5.91 Å². The summed E-state index contributed by atoms with van der Waals surface area (Å²) in [6.45, 7) is 1.19. The Morgan fingerprint density at radius 3 is 2.62 bits per heavy atom. The van der Waals surface area contributed by atoms with Crippen molar-refractivity contribution in [3.63, 3.8) is 0 Å². The van der Waals surface area contributed by atoms with Crippen LogP contribution < -0.4 is 10.6 Å². The minimum atomic E-state index is -0.907. The van der Waals surface area contributed by atoms with Crippen LogP contribution in [0.15, 0.2) is 30.3 Å². The molecule has 0 unspecified atom stereocenters. The number of benzene rings is 1. The summed E-state index contributed by atoms with van der Waals surface area (Å²) in [6.07, 6.45) is 0.153. The van der Waals surface area contributed by atoms with E-state index in [1.54, 1.807) is 6.92 Å². The van der Waals surface area contributed by atoms with Crippen LogP contribution in [-0.2, 0) is 20.7 Å². The zero-order valence-electron chi connectivity index (χ0n) is 13.3. The Kier molecular flexibility index (Phi) is 5.89. The van der Waals surface area contributed by atoms with Crippen molar-refractivity contribution < 1.29 is 23.9 Å². The van der Waals surface area contributed by atoms with E-state index in [-0.39, 0.29) is 6.61 Å². The Balaban J connectivity index is 1.86. The Labute approximate surface area is 139 Å². The van der Waals surface area contributed by atoms with Crippen molar-refractivity contribution >= 4 is 23.9 Å². The summed E-state index contributed by atoms with van der Waals surface area (Å²) in [6, 6.07) is 8.26. The molecule has 1 aliphatic rings. The quantitative estimate of drug-likeness (QED) is 0.750. The molecule has 8 nitrogen and oxygen atoms in total. The number of ether oxygens (including phenoxy) is 1. The number of aryl methyl sites for hydroxylation is 1. The molecule has 2 rings (SSSR count). The van der Waals surface area contributed by atoms with E-state index in [4.69, 9.17) is 0 Å². The van der Waals surface area contributed by atoms with Gasteiger partial charge in [-0.15, -0.1) is 0 Å². The third-order valence-electron chi connectivity index (χ3n) is 3.49. The van der Waals surface area contributed by atoms with E-state index in [0.717, 1.165) is 10.5 Å². The maximum Gasteiger partial charge on any atom is 0.413 e. The minimum absolute atomic E-state index is 0.115. The molecule has 0 saturated carbocycles. The van der Waals surface area contributed by atoms with E-state index in [1.165, 1.54) is 0 Å². The van der Waals surface area contributed by atoms with Gasteiger partial charge in [-0.1, -0.05) is 30.3 Å². The molecule has 1 saturated heterocycles. The van der Waals surface area contributed by atoms with Crippen LogP contribution in [0.4, 0.5) is 9.59 Å². The lowest BCUT2D eigenvalue weighted by molar-refractivity contribution is -0.132. The van der Waals surface area contributed by atoms with Crippen molar-refractivity contribution in [2.45, 2.75) is 25.8 Å². The first-order chi connectivity index (χ1) is 11.5. The summed E-state index contributed by atoms with van der Waals surface area (Å²) in [4.78, 5) is 47.7. The molecule has 0 bridgehead atoms. The van der Waals surface area contributed by atoms with Gasteiger partial charge in [-0.3, -0.25) is 19.8 Å². The van der Waals surface area contributed by atoms with Crippen molar-refractivity contribution in [1.29, 1.82) is 0 Å². The summed E-state index contributed by atoms with van der Waals surface area (Å²) in [5.41, 5.74) is 1.05. The fourth-order valence-corrected chi connectivity index (χ4v) is 2.34. The van der Waals surface area contributed by atoms with Crippen LogP contribution in [0.3, 0.4) is 0 Å². The van der Waals surface area contributed by atoms with Gasteiger partial charge in [-0.25, -0.2) is 9.59 Å². The second-order valence-corrected chi connectivity index (χ2v) is 5.22. The van der Waals surface area contributed by atoms with Crippen molar-refractivity contribution in [3.05, 3.63) is 35.9 Å². The molecule has 8 heteroatoms. The van der Waals surface area contributed by atoms with Crippen LogP contribution >= 0.6 is 0 Å². The average molecular weight is 333 g/mol. The number of amides is 5. The predicted octanol–water partition coefficient (Wildman–Crippen LogP) is 0.812. The average Bonchev–Trinajstić information content (AvgIpc) is 2.81. The van der Waals surface area contributed by atoms with Crippen LogP contribution in [0.1, 0.15) is 18.9 Å². The van der Waals surface area contributed by atoms with Crippen molar-refractivity contribution in [1.82, 2.24) is 15.5 Å². The Morgan fingerprint density at radius 2 is 1.96 bits per heavy atom. The Bertz CT molecular complexity index is 632. The standard InChI is InChI=1S/C16H19N3O5/c1-2-24-16(23)18-13(20)10-19-14(21)12(17-15(19)22)9-8-11-6-4-3-5-7-11/h3-7,12H,2,8-10H2,1H3,(H,17,22)(H,18,20,23)/t12-/m1/s1. The third kappa shape index (κ3) is 4.55. The fraction of sp³-hybridized carbons (Fsp3) is 0.375. The summed E-state index contributed by atoms with van der Waals surface area (Å²) in [5, 5.41) is 4.50. The lowest BCUT2D eigenvalue weighted by Crippen LogP contribution is -2.43. The lowest BCUT2D eigenvalue weighted by Gasteiger charge is -2.12. The number of urea groups is 1. The van der Waals surface area contributed by atoms with E-state index in [9.17, 15) is 19.2 Å². The highest BCUT2D eigenvalue weighted by atomic mass is 16.5. The normalized spacial score (nSPS) is 16.7. The molecule has 5 amide bonds. The zero-order chi connectivity index (χ0) is 17.5. The molecule has 1 aliphatic heterocycles. The molecule has 0 aliphatic carbocycles. The molecule has 1 atom stereocenters. The van der Waals surface area contributed by atoms with Gasteiger partial charge >= 0.3 is 12.1 Å². The second kappa shape index (κ2) is 8.09. The first-order valence-electron chi connectivity index (χ1n) is 7.63. The van der Waals surface area contributed by atoms with Crippen molar-refractivity contribution in [2.75, 3.05) is 13.2 Å². The van der Waals surface area contributed by atoms with E-state index < -0.39 is 36.5 Å². The third-order valence-corrected chi connectivity index (χ3v) is 3.49. The molecule has 0 aromatic heterocycles. The van der Waals surface area contributed by atoms with Gasteiger partial charge in [0.25, 0.3) is 5.91 Å². The largest absolute Gasteiger partial charge is 0.450 e. The number of imide groups is 2. The topological polar surface area (TPSA) is 105 Å². The first kappa shape index (κ1) is 17.5. The fourth-order valence-electron chi connectivity index (χ4n) is 2.34. The molecule has 128 valence electrons. The van der Waals surface area contributed by atoms with E-state index in [2.05, 4.69) is 10.1 Å². The van der Waals surface area contributed by atoms with Crippen LogP contribution in [0.25, 0.3) is 0 Å². The Morgan fingerprint density at radius 1 is 1.25 bits per heavy atom. The van der Waals surface area contributed by atoms with Crippen LogP contribution in [-0.4, -0.2) is 48.0 Å². The SMILES string of the molecule is CCOC(=O)NC(=O)CN1C(=O)N[C@H](CCc2ccccc2)C1=O. The molecule has 1 aromatic rings. The molecular formula is C16H19N3O5. The molecule has 0 radical (unpaired) electrons. The molecule has 0 spiro atoms. The maximum absolute atomic E-state index is 12.2. The zero-order valence-corrected chi connectivity index (χ0v) is 13.3. The van der Waals surface area contributed by atoms with Crippen LogP contribution in [0, 0.1) is 0 Å². The number of rotatable bonds is 6. The molecule has 1 heterocycles. The summed E-state index contributed by atoms with van der Waals surface area (Å²) >= 11 is 0. The summed E-state index contributed by atoms with van der Waals surface area (Å²) < 4.78 is 4.56. The molecule has 1 aromatic carbocycles. The minimum Gasteiger partial charge on any atom is -0.450 e. The number of carbonyl (C=O) groups excluding carboxylic acids is 4. The van der Waals surface area contributed by atoms with Gasteiger partial charge in [-0.2, -0.15) is 0 Å². The number of nitrogens with zero attached hydrogens (tertiary/aromatic N) is 1. The smallest absolute Gasteiger partial charge is 0.413 e. The number of hydrogen-bond acceptors (Lipinski definition) is 5. The highest BCUT2D eigenvalue weighted by Gasteiger charge is 2.38. The highest BCUT2D eigenvalue weighted by molar-refractivity contribution is 6.07. The maximum atomic E-state index is 12.2. The van der Waals surface area contributed by atoms with Gasteiger partial charge < -0.3 is 10.1 Å². The van der Waals surface area contributed by atoms with Gasteiger partial charge in [0.1, 0.15) is 12.6 Å². The molecule has 2 N–H and O–H groups in total. The second-order valence-electron chi connectivity index (χ2n) is 5.22. The molecule has 24 heavy (non-hydrogen) atoms. The van der Waals surface area contributed by atoms with E-state index >= 15 is 0 Å². The summed E-state index contributed by atoms with van der Waals surface area (Å²) in [7, 11) is 0. The van der Waals surface area contributed by atoms with Crippen molar-refractivity contribution in [2.24, 2.45) is 0 Å². The van der Waals surface area contributed by atoms with E-state index in [0.29, 0.717) is 12.8 Å². The predicted molar refractivity (Wildman–Crippen MR) is 84.0 cm³/mol. The number of hydrogen-bond donors (Lipinski definition) is 2. The van der Waals surface area contributed by atoms with Gasteiger partial charge in [0.15, 0.2) is 0 Å². The van der Waals surface area contributed by atoms with Gasteiger partial charge in [-0.05, 0) is 25.3 Å².